The third-order valence-electron chi connectivity index (χ3n) is 5.06. The Bertz CT molecular complexity index is 1020. The van der Waals surface area contributed by atoms with Gasteiger partial charge in [-0.25, -0.2) is 0 Å². The van der Waals surface area contributed by atoms with Crippen molar-refractivity contribution in [2.24, 2.45) is 0 Å². The number of aryl methyl sites for hydroxylation is 1. The number of benzene rings is 2. The zero-order valence-electron chi connectivity index (χ0n) is 13.9. The van der Waals surface area contributed by atoms with Crippen molar-refractivity contribution in [2.75, 3.05) is 18.5 Å². The Morgan fingerprint density at radius 2 is 1.96 bits per heavy atom. The molecule has 0 saturated heterocycles. The molecule has 4 rings (SSSR count). The average molecular weight is 335 g/mol. The third kappa shape index (κ3) is 2.00. The highest BCUT2D eigenvalue weighted by molar-refractivity contribution is 6.12. The number of carbonyl (C=O) groups excluding carboxylic acids is 1. The highest BCUT2D eigenvalue weighted by Gasteiger charge is 2.55. The summed E-state index contributed by atoms with van der Waals surface area (Å²) in [6.07, 6.45) is 1.74. The summed E-state index contributed by atoms with van der Waals surface area (Å²) in [5.41, 5.74) is 2.64. The van der Waals surface area contributed by atoms with E-state index >= 15 is 0 Å². The highest BCUT2D eigenvalue weighted by atomic mass is 16.6. The standard InChI is InChI=1S/C19H17N3O3/c1-12-7-8-16-13(9-12)15(10-20-16)19(11-22(24)25)14-5-3-4-6-17(14)21(2)18(19)23/h3-10,20H,11H2,1-2H3/t19-/m1/s1. The van der Waals surface area contributed by atoms with Crippen LogP contribution in [0.4, 0.5) is 5.69 Å². The first-order valence-electron chi connectivity index (χ1n) is 8.03. The molecule has 0 fully saturated rings. The fraction of sp³-hybridized carbons (Fsp3) is 0.211. The lowest BCUT2D eigenvalue weighted by molar-refractivity contribution is -0.486. The molecule has 2 heterocycles. The van der Waals surface area contributed by atoms with Crippen LogP contribution >= 0.6 is 0 Å². The molecule has 0 unspecified atom stereocenters. The van der Waals surface area contributed by atoms with Gasteiger partial charge in [-0.3, -0.25) is 14.9 Å². The van der Waals surface area contributed by atoms with E-state index in [-0.39, 0.29) is 5.91 Å². The minimum Gasteiger partial charge on any atom is -0.361 e. The fourth-order valence-corrected chi connectivity index (χ4v) is 3.92. The van der Waals surface area contributed by atoms with Crippen LogP contribution in [0.15, 0.2) is 48.7 Å². The second-order valence-electron chi connectivity index (χ2n) is 6.53. The number of aromatic nitrogens is 1. The number of para-hydroxylation sites is 1. The number of hydrogen-bond donors (Lipinski definition) is 1. The van der Waals surface area contributed by atoms with E-state index in [1.54, 1.807) is 13.2 Å². The van der Waals surface area contributed by atoms with Gasteiger partial charge in [-0.15, -0.1) is 0 Å². The molecule has 1 aliphatic heterocycles. The molecule has 1 atom stereocenters. The Kier molecular flexibility index (Phi) is 3.18. The predicted octanol–water partition coefficient (Wildman–Crippen LogP) is 3.02. The summed E-state index contributed by atoms with van der Waals surface area (Å²) in [5, 5.41) is 12.4. The van der Waals surface area contributed by atoms with Gasteiger partial charge in [0.25, 0.3) is 0 Å². The largest absolute Gasteiger partial charge is 0.361 e. The lowest BCUT2D eigenvalue weighted by Gasteiger charge is -2.24. The number of H-pyrrole nitrogens is 1. The average Bonchev–Trinajstić information content (AvgIpc) is 3.09. The van der Waals surface area contributed by atoms with E-state index in [1.807, 2.05) is 49.4 Å². The molecule has 0 saturated carbocycles. The van der Waals surface area contributed by atoms with Gasteiger partial charge in [0.05, 0.1) is 0 Å². The molecule has 1 amide bonds. The summed E-state index contributed by atoms with van der Waals surface area (Å²) in [6.45, 7) is 1.49. The Hall–Kier alpha value is -3.15. The van der Waals surface area contributed by atoms with Crippen LogP contribution in [0.3, 0.4) is 0 Å². The van der Waals surface area contributed by atoms with Crippen molar-refractivity contribution in [2.45, 2.75) is 12.3 Å². The number of aromatic amines is 1. The molecule has 6 nitrogen and oxygen atoms in total. The molecule has 0 spiro atoms. The van der Waals surface area contributed by atoms with Crippen molar-refractivity contribution in [3.63, 3.8) is 0 Å². The normalized spacial score (nSPS) is 19.4. The van der Waals surface area contributed by atoms with Gasteiger partial charge in [0.1, 0.15) is 0 Å². The summed E-state index contributed by atoms with van der Waals surface area (Å²) in [7, 11) is 1.67. The molecule has 126 valence electrons. The number of hydrogen-bond acceptors (Lipinski definition) is 3. The van der Waals surface area contributed by atoms with Gasteiger partial charge in [0.15, 0.2) is 5.41 Å². The first kappa shape index (κ1) is 15.4. The number of nitrogens with one attached hydrogen (secondary N) is 1. The monoisotopic (exact) mass is 335 g/mol. The number of fused-ring (bicyclic) bond motifs is 2. The molecule has 1 N–H and O–H groups in total. The number of carbonyl (C=O) groups is 1. The van der Waals surface area contributed by atoms with Crippen molar-refractivity contribution in [3.8, 4) is 0 Å². The quantitative estimate of drug-likeness (QED) is 0.590. The summed E-state index contributed by atoms with van der Waals surface area (Å²) < 4.78 is 0. The van der Waals surface area contributed by atoms with Gasteiger partial charge in [-0.05, 0) is 25.1 Å². The molecule has 2 aromatic carbocycles. The van der Waals surface area contributed by atoms with E-state index in [4.69, 9.17) is 0 Å². The predicted molar refractivity (Wildman–Crippen MR) is 95.5 cm³/mol. The van der Waals surface area contributed by atoms with Crippen LogP contribution in [0.1, 0.15) is 16.7 Å². The number of likely N-dealkylation sites (N-methyl/N-ethyl adjacent to an activating group) is 1. The van der Waals surface area contributed by atoms with Crippen molar-refractivity contribution >= 4 is 22.5 Å². The van der Waals surface area contributed by atoms with E-state index in [0.29, 0.717) is 11.1 Å². The summed E-state index contributed by atoms with van der Waals surface area (Å²) in [6, 6.07) is 13.2. The van der Waals surface area contributed by atoms with E-state index < -0.39 is 16.9 Å². The van der Waals surface area contributed by atoms with Gasteiger partial charge in [0.2, 0.25) is 12.5 Å². The molecule has 0 aliphatic carbocycles. The van der Waals surface area contributed by atoms with Gasteiger partial charge in [-0.2, -0.15) is 0 Å². The molecule has 1 aliphatic rings. The van der Waals surface area contributed by atoms with Crippen molar-refractivity contribution in [1.29, 1.82) is 0 Å². The molecule has 25 heavy (non-hydrogen) atoms. The topological polar surface area (TPSA) is 79.2 Å². The maximum atomic E-state index is 13.3. The van der Waals surface area contributed by atoms with Crippen LogP contribution in [-0.2, 0) is 10.2 Å². The highest BCUT2D eigenvalue weighted by Crippen LogP contribution is 2.47. The first-order valence-corrected chi connectivity index (χ1v) is 8.03. The molecular formula is C19H17N3O3. The number of nitro groups is 1. The van der Waals surface area contributed by atoms with Gasteiger partial charge >= 0.3 is 0 Å². The molecular weight excluding hydrogens is 318 g/mol. The summed E-state index contributed by atoms with van der Waals surface area (Å²) in [5.74, 6) is -0.271. The summed E-state index contributed by atoms with van der Waals surface area (Å²) >= 11 is 0. The number of nitrogens with zero attached hydrogens (tertiary/aromatic N) is 2. The molecule has 3 aromatic rings. The van der Waals surface area contributed by atoms with Crippen LogP contribution in [0.2, 0.25) is 0 Å². The number of anilines is 1. The maximum absolute atomic E-state index is 13.3. The van der Waals surface area contributed by atoms with Crippen molar-refractivity contribution in [1.82, 2.24) is 4.98 Å². The van der Waals surface area contributed by atoms with E-state index in [1.165, 1.54) is 4.90 Å². The minimum atomic E-state index is -1.32. The zero-order chi connectivity index (χ0) is 17.8. The number of rotatable bonds is 3. The smallest absolute Gasteiger partial charge is 0.248 e. The Morgan fingerprint density at radius 3 is 2.72 bits per heavy atom. The maximum Gasteiger partial charge on any atom is 0.248 e. The second kappa shape index (κ2) is 5.17. The second-order valence-corrected chi connectivity index (χ2v) is 6.53. The van der Waals surface area contributed by atoms with Crippen LogP contribution in [-0.4, -0.2) is 29.4 Å². The molecule has 1 aromatic heterocycles. The van der Waals surface area contributed by atoms with Crippen molar-refractivity contribution < 1.29 is 9.72 Å². The number of amides is 1. The van der Waals surface area contributed by atoms with E-state index in [0.717, 1.165) is 22.2 Å². The lowest BCUT2D eigenvalue weighted by atomic mass is 9.75. The Morgan fingerprint density at radius 1 is 1.20 bits per heavy atom. The van der Waals surface area contributed by atoms with E-state index in [2.05, 4.69) is 4.98 Å². The molecule has 0 radical (unpaired) electrons. The van der Waals surface area contributed by atoms with E-state index in [9.17, 15) is 14.9 Å². The zero-order valence-corrected chi connectivity index (χ0v) is 13.9. The fourth-order valence-electron chi connectivity index (χ4n) is 3.92. The van der Waals surface area contributed by atoms with Crippen LogP contribution in [0.5, 0.6) is 0 Å². The van der Waals surface area contributed by atoms with Gasteiger partial charge in [-0.1, -0.05) is 29.8 Å². The SMILES string of the molecule is Cc1ccc2[nH]cc([C@]3(C[N+](=O)[O-])C(=O)N(C)c4ccccc43)c2c1. The van der Waals surface area contributed by atoms with Crippen LogP contribution < -0.4 is 4.90 Å². The van der Waals surface area contributed by atoms with Crippen LogP contribution in [0.25, 0.3) is 10.9 Å². The van der Waals surface area contributed by atoms with Crippen molar-refractivity contribution in [3.05, 3.63) is 75.5 Å². The first-order chi connectivity index (χ1) is 11.9. The lowest BCUT2D eigenvalue weighted by Crippen LogP contribution is -2.44. The Balaban J connectivity index is 2.09. The van der Waals surface area contributed by atoms with Gasteiger partial charge in [0, 0.05) is 45.9 Å². The minimum absolute atomic E-state index is 0.271. The molecule has 6 heteroatoms. The Labute approximate surface area is 144 Å². The summed E-state index contributed by atoms with van der Waals surface area (Å²) in [4.78, 5) is 29.1. The van der Waals surface area contributed by atoms with Gasteiger partial charge < -0.3 is 9.88 Å². The van der Waals surface area contributed by atoms with Crippen LogP contribution in [0, 0.1) is 17.0 Å². The molecule has 0 bridgehead atoms. The third-order valence-corrected chi connectivity index (χ3v) is 5.06.